The summed E-state index contributed by atoms with van der Waals surface area (Å²) in [6.07, 6.45) is 1.80. The maximum Gasteiger partial charge on any atom is 0.199 e. The van der Waals surface area contributed by atoms with E-state index in [4.69, 9.17) is 5.11 Å². The Balaban J connectivity index is 2.55. The highest BCUT2D eigenvalue weighted by atomic mass is 32.2. The number of fused-ring (bicyclic) bond motifs is 1. The Morgan fingerprint density at radius 1 is 1.42 bits per heavy atom. The van der Waals surface area contributed by atoms with Crippen molar-refractivity contribution >= 4 is 20.7 Å². The molecule has 2 aromatic heterocycles. The predicted molar refractivity (Wildman–Crippen MR) is 51.3 cm³/mol. The van der Waals surface area contributed by atoms with Crippen molar-refractivity contribution in [3.8, 4) is 0 Å². The van der Waals surface area contributed by atoms with Gasteiger partial charge < -0.3 is 5.11 Å². The monoisotopic (exact) mass is 180 g/mol. The van der Waals surface area contributed by atoms with Gasteiger partial charge in [0, 0.05) is 18.3 Å². The molecule has 0 aromatic carbocycles. The Kier molecular flexibility index (Phi) is 2.06. The zero-order chi connectivity index (χ0) is 8.39. The van der Waals surface area contributed by atoms with Crippen molar-refractivity contribution in [3.63, 3.8) is 0 Å². The highest BCUT2D eigenvalue weighted by molar-refractivity contribution is 7.35. The third kappa shape index (κ3) is 1.21. The SMILES string of the molecule is OCC[s+]1ccc2ncccc21. The van der Waals surface area contributed by atoms with E-state index < -0.39 is 0 Å². The fourth-order valence-corrected chi connectivity index (χ4v) is 2.88. The number of aliphatic hydroxyl groups is 1. The molecule has 0 saturated heterocycles. The molecule has 0 bridgehead atoms. The van der Waals surface area contributed by atoms with Gasteiger partial charge in [0.2, 0.25) is 0 Å². The van der Waals surface area contributed by atoms with Crippen LogP contribution in [0.1, 0.15) is 0 Å². The van der Waals surface area contributed by atoms with Crippen LogP contribution < -0.4 is 0 Å². The number of hydrogen-bond donors (Lipinski definition) is 1. The van der Waals surface area contributed by atoms with Crippen molar-refractivity contribution in [1.82, 2.24) is 4.98 Å². The summed E-state index contributed by atoms with van der Waals surface area (Å²) in [5.74, 6) is 0.829. The molecule has 12 heavy (non-hydrogen) atoms. The molecule has 2 rings (SSSR count). The van der Waals surface area contributed by atoms with Gasteiger partial charge in [-0.05, 0) is 16.5 Å². The number of aromatic nitrogens is 1. The molecule has 0 amide bonds. The topological polar surface area (TPSA) is 33.1 Å². The summed E-state index contributed by atoms with van der Waals surface area (Å²) >= 11 is 0. The summed E-state index contributed by atoms with van der Waals surface area (Å²) < 4.78 is 1.27. The summed E-state index contributed by atoms with van der Waals surface area (Å²) in [6.45, 7) is 0.252. The molecule has 0 saturated carbocycles. The van der Waals surface area contributed by atoms with Crippen molar-refractivity contribution in [2.24, 2.45) is 0 Å². The Bertz CT molecular complexity index is 383. The number of hydrogen-bond acceptors (Lipinski definition) is 2. The zero-order valence-corrected chi connectivity index (χ0v) is 7.42. The van der Waals surface area contributed by atoms with Crippen LogP contribution in [-0.4, -0.2) is 16.7 Å². The smallest absolute Gasteiger partial charge is 0.199 e. The molecule has 1 atom stereocenters. The van der Waals surface area contributed by atoms with Gasteiger partial charge in [-0.15, -0.1) is 0 Å². The van der Waals surface area contributed by atoms with Crippen LogP contribution in [0.25, 0.3) is 10.2 Å². The first-order valence-electron chi connectivity index (χ1n) is 3.85. The summed E-state index contributed by atoms with van der Waals surface area (Å²) in [6, 6.07) is 6.07. The number of rotatable bonds is 2. The number of pyridine rings is 1. The van der Waals surface area contributed by atoms with E-state index in [1.807, 2.05) is 12.1 Å². The molecule has 0 aliphatic heterocycles. The second-order valence-corrected chi connectivity index (χ2v) is 4.52. The summed E-state index contributed by atoms with van der Waals surface area (Å²) in [4.78, 5) is 4.23. The zero-order valence-electron chi connectivity index (χ0n) is 6.60. The van der Waals surface area contributed by atoms with Crippen molar-refractivity contribution in [1.29, 1.82) is 0 Å². The number of nitrogens with zero attached hydrogens (tertiary/aromatic N) is 1. The Morgan fingerprint density at radius 3 is 3.17 bits per heavy atom. The van der Waals surface area contributed by atoms with Gasteiger partial charge in [0.25, 0.3) is 0 Å². The fraction of sp³-hybridized carbons (Fsp3) is 0.222. The second-order valence-electron chi connectivity index (χ2n) is 2.55. The molecule has 0 spiro atoms. The van der Waals surface area contributed by atoms with Crippen molar-refractivity contribution in [3.05, 3.63) is 29.8 Å². The van der Waals surface area contributed by atoms with Gasteiger partial charge in [-0.1, -0.05) is 0 Å². The van der Waals surface area contributed by atoms with E-state index in [-0.39, 0.29) is 17.1 Å². The lowest BCUT2D eigenvalue weighted by Crippen LogP contribution is -1.80. The summed E-state index contributed by atoms with van der Waals surface area (Å²) in [5.41, 5.74) is 1.06. The minimum atomic E-state index is 0.105. The standard InChI is InChI=1S/C9H10NOS/c11-5-7-12-6-3-8-9(12)2-1-4-10-8/h1-4,6,11H,5,7H2/q+1. The van der Waals surface area contributed by atoms with E-state index in [9.17, 15) is 0 Å². The van der Waals surface area contributed by atoms with Crippen LogP contribution in [0.4, 0.5) is 0 Å². The summed E-state index contributed by atoms with van der Waals surface area (Å²) in [5, 5.41) is 10.9. The molecule has 2 aromatic rings. The molecule has 62 valence electrons. The summed E-state index contributed by atoms with van der Waals surface area (Å²) in [7, 11) is 0.105. The van der Waals surface area contributed by atoms with Gasteiger partial charge in [0.1, 0.15) is 10.9 Å². The van der Waals surface area contributed by atoms with E-state index in [2.05, 4.69) is 16.4 Å². The fourth-order valence-electron chi connectivity index (χ4n) is 1.25. The van der Waals surface area contributed by atoms with Crippen LogP contribution >= 0.6 is 10.5 Å². The maximum atomic E-state index is 8.80. The molecular formula is C9H10NOS+. The quantitative estimate of drug-likeness (QED) is 0.717. The minimum Gasteiger partial charge on any atom is -0.391 e. The molecule has 3 heteroatoms. The van der Waals surface area contributed by atoms with Gasteiger partial charge in [-0.3, -0.25) is 4.98 Å². The van der Waals surface area contributed by atoms with Crippen LogP contribution in [0.2, 0.25) is 0 Å². The lowest BCUT2D eigenvalue weighted by molar-refractivity contribution is 0.310. The predicted octanol–water partition coefficient (Wildman–Crippen LogP) is 1.98. The first kappa shape index (κ1) is 7.71. The molecule has 0 aliphatic carbocycles. The molecule has 2 nitrogen and oxygen atoms in total. The minimum absolute atomic E-state index is 0.105. The molecule has 1 N–H and O–H groups in total. The van der Waals surface area contributed by atoms with E-state index in [0.717, 1.165) is 11.3 Å². The number of aliphatic hydroxyl groups excluding tert-OH is 1. The first-order valence-corrected chi connectivity index (χ1v) is 5.31. The van der Waals surface area contributed by atoms with Crippen LogP contribution in [0.5, 0.6) is 0 Å². The van der Waals surface area contributed by atoms with Crippen LogP contribution in [0.15, 0.2) is 29.8 Å². The van der Waals surface area contributed by atoms with Gasteiger partial charge in [-0.25, -0.2) is 0 Å². The van der Waals surface area contributed by atoms with E-state index in [1.165, 1.54) is 4.70 Å². The first-order chi connectivity index (χ1) is 5.92. The molecule has 0 fully saturated rings. The van der Waals surface area contributed by atoms with Crippen molar-refractivity contribution < 1.29 is 5.11 Å². The normalized spacial score (nSPS) is 12.2. The largest absolute Gasteiger partial charge is 0.391 e. The lowest BCUT2D eigenvalue weighted by atomic mass is 10.4. The van der Waals surface area contributed by atoms with Crippen LogP contribution in [-0.2, 0) is 5.75 Å². The highest BCUT2D eigenvalue weighted by Gasteiger charge is 2.10. The molecule has 2 heterocycles. The van der Waals surface area contributed by atoms with Crippen LogP contribution in [0.3, 0.4) is 0 Å². The third-order valence-corrected chi connectivity index (χ3v) is 3.78. The third-order valence-electron chi connectivity index (χ3n) is 1.78. The Hall–Kier alpha value is -0.930. The van der Waals surface area contributed by atoms with Gasteiger partial charge in [0.15, 0.2) is 10.5 Å². The average molecular weight is 180 g/mol. The molecule has 0 aliphatic rings. The van der Waals surface area contributed by atoms with Crippen LogP contribution in [0, 0.1) is 0 Å². The van der Waals surface area contributed by atoms with Gasteiger partial charge in [0.05, 0.1) is 6.61 Å². The highest BCUT2D eigenvalue weighted by Crippen LogP contribution is 2.30. The maximum absolute atomic E-state index is 8.80. The van der Waals surface area contributed by atoms with Gasteiger partial charge in [-0.2, -0.15) is 0 Å². The van der Waals surface area contributed by atoms with E-state index >= 15 is 0 Å². The Labute approximate surface area is 73.5 Å². The number of thiophene rings is 1. The molecular weight excluding hydrogens is 170 g/mol. The lowest BCUT2D eigenvalue weighted by Gasteiger charge is -1.85. The van der Waals surface area contributed by atoms with E-state index in [1.54, 1.807) is 6.20 Å². The average Bonchev–Trinajstić information content (AvgIpc) is 2.50. The second kappa shape index (κ2) is 3.21. The molecule has 1 unspecified atom stereocenters. The van der Waals surface area contributed by atoms with Gasteiger partial charge >= 0.3 is 0 Å². The van der Waals surface area contributed by atoms with E-state index in [0.29, 0.717) is 0 Å². The van der Waals surface area contributed by atoms with Crippen molar-refractivity contribution in [2.75, 3.05) is 6.61 Å². The van der Waals surface area contributed by atoms with Crippen molar-refractivity contribution in [2.45, 2.75) is 5.75 Å². The Morgan fingerprint density at radius 2 is 2.33 bits per heavy atom. The molecule has 0 radical (unpaired) electrons.